The lowest BCUT2D eigenvalue weighted by Gasteiger charge is -2.14. The average Bonchev–Trinajstić information content (AvgIpc) is 2.77. The quantitative estimate of drug-likeness (QED) is 0.699. The third-order valence-electron chi connectivity index (χ3n) is 2.25. The Hall–Kier alpha value is -1.13. The zero-order valence-corrected chi connectivity index (χ0v) is 8.72. The van der Waals surface area contributed by atoms with Gasteiger partial charge in [0.15, 0.2) is 5.76 Å². The van der Waals surface area contributed by atoms with Gasteiger partial charge in [-0.2, -0.15) is 0 Å². The predicted molar refractivity (Wildman–Crippen MR) is 54.6 cm³/mol. The predicted octanol–water partition coefficient (Wildman–Crippen LogP) is 1.37. The number of rotatable bonds is 6. The highest BCUT2D eigenvalue weighted by atomic mass is 16.4. The van der Waals surface area contributed by atoms with Crippen molar-refractivity contribution in [3.05, 3.63) is 24.2 Å². The van der Waals surface area contributed by atoms with Crippen molar-refractivity contribution in [2.24, 2.45) is 0 Å². The fourth-order valence-electron chi connectivity index (χ4n) is 1.31. The van der Waals surface area contributed by atoms with Gasteiger partial charge in [0.2, 0.25) is 5.78 Å². The monoisotopic (exact) mass is 212 g/mol. The smallest absolute Gasteiger partial charge is 0.228 e. The summed E-state index contributed by atoms with van der Waals surface area (Å²) in [6.45, 7) is 1.98. The van der Waals surface area contributed by atoms with E-state index in [4.69, 9.17) is 4.42 Å². The molecule has 2 atom stereocenters. The first-order valence-corrected chi connectivity index (χ1v) is 5.10. The molecule has 0 radical (unpaired) electrons. The van der Waals surface area contributed by atoms with Crippen LogP contribution in [-0.4, -0.2) is 28.2 Å². The molecule has 0 fully saturated rings. The number of unbranched alkanes of at least 4 members (excludes halogenated alkanes) is 1. The van der Waals surface area contributed by atoms with Crippen LogP contribution in [0.25, 0.3) is 0 Å². The van der Waals surface area contributed by atoms with E-state index in [1.165, 1.54) is 12.3 Å². The van der Waals surface area contributed by atoms with Crippen molar-refractivity contribution < 1.29 is 19.4 Å². The molecule has 1 aromatic heterocycles. The van der Waals surface area contributed by atoms with Crippen LogP contribution >= 0.6 is 0 Å². The summed E-state index contributed by atoms with van der Waals surface area (Å²) in [5.74, 6) is -0.485. The van der Waals surface area contributed by atoms with Crippen LogP contribution in [0.2, 0.25) is 0 Å². The largest absolute Gasteiger partial charge is 0.461 e. The lowest BCUT2D eigenvalue weighted by Crippen LogP contribution is -2.33. The Morgan fingerprint density at radius 2 is 2.27 bits per heavy atom. The number of hydrogen-bond acceptors (Lipinski definition) is 4. The fraction of sp³-hybridized carbons (Fsp3) is 0.545. The van der Waals surface area contributed by atoms with Gasteiger partial charge in [0, 0.05) is 0 Å². The Balaban J connectivity index is 2.52. The first kappa shape index (κ1) is 11.9. The molecule has 0 saturated heterocycles. The van der Waals surface area contributed by atoms with Crippen molar-refractivity contribution in [1.29, 1.82) is 0 Å². The molecule has 0 aliphatic rings. The van der Waals surface area contributed by atoms with E-state index in [1.54, 1.807) is 6.07 Å². The van der Waals surface area contributed by atoms with Gasteiger partial charge >= 0.3 is 0 Å². The maximum atomic E-state index is 11.5. The van der Waals surface area contributed by atoms with Gasteiger partial charge in [-0.3, -0.25) is 4.79 Å². The summed E-state index contributed by atoms with van der Waals surface area (Å²) in [5, 5.41) is 19.0. The first-order valence-electron chi connectivity index (χ1n) is 5.10. The third-order valence-corrected chi connectivity index (χ3v) is 2.25. The van der Waals surface area contributed by atoms with Gasteiger partial charge in [-0.05, 0) is 18.6 Å². The summed E-state index contributed by atoms with van der Waals surface area (Å²) in [6, 6.07) is 3.04. The van der Waals surface area contributed by atoms with Gasteiger partial charge < -0.3 is 14.6 Å². The second kappa shape index (κ2) is 5.68. The SMILES string of the molecule is CCCC[C@H](O)[C@@H](O)C(=O)c1ccco1. The molecule has 0 bridgehead atoms. The molecule has 0 saturated carbocycles. The first-order chi connectivity index (χ1) is 7.16. The zero-order valence-electron chi connectivity index (χ0n) is 8.72. The number of aliphatic hydroxyl groups is 2. The second-order valence-corrected chi connectivity index (χ2v) is 3.50. The molecule has 0 spiro atoms. The average molecular weight is 212 g/mol. The molecular weight excluding hydrogens is 196 g/mol. The van der Waals surface area contributed by atoms with Gasteiger partial charge in [-0.1, -0.05) is 19.8 Å². The molecule has 84 valence electrons. The molecule has 0 aromatic carbocycles. The highest BCUT2D eigenvalue weighted by Gasteiger charge is 2.26. The Morgan fingerprint density at radius 1 is 1.53 bits per heavy atom. The Kier molecular flexibility index (Phi) is 4.52. The van der Waals surface area contributed by atoms with Gasteiger partial charge in [0.1, 0.15) is 6.10 Å². The highest BCUT2D eigenvalue weighted by Crippen LogP contribution is 2.11. The Morgan fingerprint density at radius 3 is 2.80 bits per heavy atom. The Bertz CT molecular complexity index is 292. The molecule has 0 unspecified atom stereocenters. The summed E-state index contributed by atoms with van der Waals surface area (Å²) in [6.07, 6.45) is 1.08. The number of carbonyl (C=O) groups excluding carboxylic acids is 1. The number of hydrogen-bond donors (Lipinski definition) is 2. The van der Waals surface area contributed by atoms with Gasteiger partial charge in [0.05, 0.1) is 12.4 Å². The maximum absolute atomic E-state index is 11.5. The molecule has 0 aliphatic carbocycles. The minimum absolute atomic E-state index is 0.0815. The van der Waals surface area contributed by atoms with Crippen LogP contribution in [0.15, 0.2) is 22.8 Å². The molecule has 0 aliphatic heterocycles. The van der Waals surface area contributed by atoms with Crippen LogP contribution in [0.1, 0.15) is 36.7 Å². The van der Waals surface area contributed by atoms with Crippen LogP contribution in [-0.2, 0) is 0 Å². The number of furan rings is 1. The molecule has 1 aromatic rings. The van der Waals surface area contributed by atoms with E-state index in [9.17, 15) is 15.0 Å². The number of ketones is 1. The third kappa shape index (κ3) is 3.18. The summed E-state index contributed by atoms with van der Waals surface area (Å²) in [4.78, 5) is 11.5. The molecule has 4 nitrogen and oxygen atoms in total. The van der Waals surface area contributed by atoms with E-state index in [2.05, 4.69) is 0 Å². The van der Waals surface area contributed by atoms with Crippen LogP contribution < -0.4 is 0 Å². The molecule has 1 rings (SSSR count). The van der Waals surface area contributed by atoms with Crippen molar-refractivity contribution in [2.45, 2.75) is 38.4 Å². The number of carbonyl (C=O) groups is 1. The fourth-order valence-corrected chi connectivity index (χ4v) is 1.31. The molecule has 4 heteroatoms. The number of Topliss-reactive ketones (excluding diaryl/α,β-unsaturated/α-hetero) is 1. The minimum Gasteiger partial charge on any atom is -0.461 e. The molecule has 2 N–H and O–H groups in total. The zero-order chi connectivity index (χ0) is 11.3. The topological polar surface area (TPSA) is 70.7 Å². The van der Waals surface area contributed by atoms with Crippen LogP contribution in [0.3, 0.4) is 0 Å². The van der Waals surface area contributed by atoms with Crippen molar-refractivity contribution in [3.8, 4) is 0 Å². The van der Waals surface area contributed by atoms with Crippen LogP contribution in [0.5, 0.6) is 0 Å². The van der Waals surface area contributed by atoms with Crippen LogP contribution in [0.4, 0.5) is 0 Å². The lowest BCUT2D eigenvalue weighted by molar-refractivity contribution is 0.0152. The summed E-state index contributed by atoms with van der Waals surface area (Å²) in [7, 11) is 0. The molecule has 15 heavy (non-hydrogen) atoms. The van der Waals surface area contributed by atoms with E-state index in [0.717, 1.165) is 12.8 Å². The van der Waals surface area contributed by atoms with E-state index in [-0.39, 0.29) is 5.76 Å². The normalized spacial score (nSPS) is 14.9. The summed E-state index contributed by atoms with van der Waals surface area (Å²) < 4.78 is 4.85. The van der Waals surface area contributed by atoms with Crippen molar-refractivity contribution in [2.75, 3.05) is 0 Å². The molecular formula is C11H16O4. The van der Waals surface area contributed by atoms with Gasteiger partial charge in [-0.15, -0.1) is 0 Å². The van der Waals surface area contributed by atoms with Crippen LogP contribution in [0, 0.1) is 0 Å². The highest BCUT2D eigenvalue weighted by molar-refractivity contribution is 5.97. The van der Waals surface area contributed by atoms with Gasteiger partial charge in [-0.25, -0.2) is 0 Å². The summed E-state index contributed by atoms with van der Waals surface area (Å²) in [5.41, 5.74) is 0. The maximum Gasteiger partial charge on any atom is 0.228 e. The molecule has 1 heterocycles. The second-order valence-electron chi connectivity index (χ2n) is 3.50. The van der Waals surface area contributed by atoms with E-state index < -0.39 is 18.0 Å². The summed E-state index contributed by atoms with van der Waals surface area (Å²) >= 11 is 0. The van der Waals surface area contributed by atoms with Crippen molar-refractivity contribution >= 4 is 5.78 Å². The standard InChI is InChI=1S/C11H16O4/c1-2-3-5-8(12)10(13)11(14)9-6-4-7-15-9/h4,6-8,10,12-13H,2-3,5H2,1H3/t8-,10+/m0/s1. The lowest BCUT2D eigenvalue weighted by atomic mass is 10.0. The van der Waals surface area contributed by atoms with E-state index in [0.29, 0.717) is 6.42 Å². The van der Waals surface area contributed by atoms with Crippen molar-refractivity contribution in [1.82, 2.24) is 0 Å². The van der Waals surface area contributed by atoms with E-state index in [1.807, 2.05) is 6.92 Å². The van der Waals surface area contributed by atoms with E-state index >= 15 is 0 Å². The number of aliphatic hydroxyl groups excluding tert-OH is 2. The molecule has 0 amide bonds. The van der Waals surface area contributed by atoms with Crippen molar-refractivity contribution in [3.63, 3.8) is 0 Å². The Labute approximate surface area is 88.5 Å². The van der Waals surface area contributed by atoms with Gasteiger partial charge in [0.25, 0.3) is 0 Å². The minimum atomic E-state index is -1.39.